The molecule has 30 heavy (non-hydrogen) atoms. The van der Waals surface area contributed by atoms with Crippen LogP contribution in [0.2, 0.25) is 0 Å². The maximum atomic E-state index is 12.3. The van der Waals surface area contributed by atoms with Crippen molar-refractivity contribution in [2.45, 2.75) is 6.92 Å². The summed E-state index contributed by atoms with van der Waals surface area (Å²) in [6.45, 7) is 2.59. The number of carbonyl (C=O) groups excluding carboxylic acids is 1. The minimum absolute atomic E-state index is 0.131. The van der Waals surface area contributed by atoms with E-state index in [0.29, 0.717) is 38.8 Å². The van der Waals surface area contributed by atoms with Crippen LogP contribution in [-0.2, 0) is 4.79 Å². The molecule has 0 spiro atoms. The van der Waals surface area contributed by atoms with Crippen LogP contribution in [0.3, 0.4) is 0 Å². The van der Waals surface area contributed by atoms with Crippen LogP contribution in [0.5, 0.6) is 23.0 Å². The maximum Gasteiger partial charge on any atom is 0.265 e. The number of thioether (sulfide) groups is 1. The summed E-state index contributed by atoms with van der Waals surface area (Å²) in [7, 11) is 4.85. The van der Waals surface area contributed by atoms with Crippen molar-refractivity contribution in [2.24, 2.45) is 0 Å². The van der Waals surface area contributed by atoms with Gasteiger partial charge in [0.05, 0.1) is 19.1 Å². The molecule has 1 saturated heterocycles. The molecule has 0 saturated carbocycles. The van der Waals surface area contributed by atoms with E-state index in [9.17, 15) is 4.79 Å². The monoisotopic (exact) mass is 445 g/mol. The third-order valence-corrected chi connectivity index (χ3v) is 5.89. The number of carbonyl (C=O) groups is 1. The number of hydrogen-bond acceptors (Lipinski definition) is 7. The third kappa shape index (κ3) is 4.88. The number of aryl methyl sites for hydroxylation is 1. The summed E-state index contributed by atoms with van der Waals surface area (Å²) in [6.07, 6.45) is 1.77. The Morgan fingerprint density at radius 1 is 1.03 bits per heavy atom. The molecule has 0 unspecified atom stereocenters. The first-order valence-corrected chi connectivity index (χ1v) is 10.5. The van der Waals surface area contributed by atoms with Crippen molar-refractivity contribution in [1.29, 1.82) is 0 Å². The number of amides is 1. The summed E-state index contributed by atoms with van der Waals surface area (Å²) >= 11 is 6.46. The molecule has 1 heterocycles. The normalized spacial score (nSPS) is 14.9. The number of rotatable bonds is 8. The molecule has 0 radical (unpaired) electrons. The van der Waals surface area contributed by atoms with Gasteiger partial charge < -0.3 is 18.9 Å². The second kappa shape index (κ2) is 9.86. The summed E-state index contributed by atoms with van der Waals surface area (Å²) in [5, 5.41) is 0. The van der Waals surface area contributed by atoms with Gasteiger partial charge in [0.15, 0.2) is 23.0 Å². The molecule has 0 aromatic heterocycles. The van der Waals surface area contributed by atoms with E-state index in [4.69, 9.17) is 31.2 Å². The van der Waals surface area contributed by atoms with Crippen molar-refractivity contribution in [2.75, 3.05) is 34.5 Å². The van der Waals surface area contributed by atoms with Crippen LogP contribution >= 0.6 is 24.0 Å². The first-order valence-electron chi connectivity index (χ1n) is 9.23. The van der Waals surface area contributed by atoms with Crippen LogP contribution in [-0.4, -0.2) is 49.6 Å². The number of benzene rings is 2. The van der Waals surface area contributed by atoms with Gasteiger partial charge in [0, 0.05) is 12.6 Å². The van der Waals surface area contributed by atoms with Crippen LogP contribution < -0.4 is 18.9 Å². The molecule has 8 heteroatoms. The van der Waals surface area contributed by atoms with Crippen molar-refractivity contribution in [3.63, 3.8) is 0 Å². The van der Waals surface area contributed by atoms with E-state index in [1.54, 1.807) is 27.3 Å². The van der Waals surface area contributed by atoms with Gasteiger partial charge in [-0.3, -0.25) is 9.69 Å². The van der Waals surface area contributed by atoms with Gasteiger partial charge in [0.25, 0.3) is 5.91 Å². The van der Waals surface area contributed by atoms with E-state index in [1.807, 2.05) is 43.3 Å². The standard InChI is InChI=1S/C22H23NO5S2/c1-14-8-9-16(18(12-14)26-4)27-10-11-28-20-15(6-5-7-17(20)25-3)13-19-21(24)23(2)22(29)30-19/h5-9,12-13H,10-11H2,1-4H3. The molecule has 2 aromatic carbocycles. The largest absolute Gasteiger partial charge is 0.493 e. The minimum atomic E-state index is -0.131. The van der Waals surface area contributed by atoms with E-state index >= 15 is 0 Å². The fourth-order valence-corrected chi connectivity index (χ4v) is 4.01. The first-order chi connectivity index (χ1) is 14.4. The summed E-state index contributed by atoms with van der Waals surface area (Å²) in [5.74, 6) is 2.31. The molecule has 3 rings (SSSR count). The predicted octanol–water partition coefficient (Wildman–Crippen LogP) is 4.30. The van der Waals surface area contributed by atoms with Gasteiger partial charge in [0.2, 0.25) is 0 Å². The van der Waals surface area contributed by atoms with Crippen molar-refractivity contribution in [3.05, 3.63) is 52.4 Å². The van der Waals surface area contributed by atoms with Gasteiger partial charge in [-0.05, 0) is 36.8 Å². The lowest BCUT2D eigenvalue weighted by Gasteiger charge is -2.15. The van der Waals surface area contributed by atoms with Crippen LogP contribution in [0, 0.1) is 6.92 Å². The summed E-state index contributed by atoms with van der Waals surface area (Å²) in [5.41, 5.74) is 1.82. The van der Waals surface area contributed by atoms with E-state index in [1.165, 1.54) is 16.7 Å². The Hall–Kier alpha value is -2.71. The van der Waals surface area contributed by atoms with E-state index in [2.05, 4.69) is 0 Å². The second-order valence-corrected chi connectivity index (χ2v) is 8.15. The van der Waals surface area contributed by atoms with Crippen LogP contribution in [0.1, 0.15) is 11.1 Å². The highest BCUT2D eigenvalue weighted by molar-refractivity contribution is 8.26. The van der Waals surface area contributed by atoms with Crippen molar-refractivity contribution < 1.29 is 23.7 Å². The zero-order valence-corrected chi connectivity index (χ0v) is 18.9. The summed E-state index contributed by atoms with van der Waals surface area (Å²) in [6, 6.07) is 11.3. The molecular weight excluding hydrogens is 422 g/mol. The molecule has 1 aliphatic heterocycles. The molecule has 0 aliphatic carbocycles. The predicted molar refractivity (Wildman–Crippen MR) is 123 cm³/mol. The molecule has 6 nitrogen and oxygen atoms in total. The Morgan fingerprint density at radius 2 is 1.77 bits per heavy atom. The molecule has 1 aliphatic rings. The molecule has 2 aromatic rings. The Labute approximate surface area is 185 Å². The second-order valence-electron chi connectivity index (χ2n) is 6.47. The topological polar surface area (TPSA) is 57.2 Å². The van der Waals surface area contributed by atoms with Gasteiger partial charge in [0.1, 0.15) is 17.5 Å². The zero-order valence-electron chi connectivity index (χ0n) is 17.3. The molecular formula is C22H23NO5S2. The lowest BCUT2D eigenvalue weighted by Crippen LogP contribution is -2.22. The van der Waals surface area contributed by atoms with Gasteiger partial charge >= 0.3 is 0 Å². The van der Waals surface area contributed by atoms with Crippen molar-refractivity contribution in [1.82, 2.24) is 4.90 Å². The Balaban J connectivity index is 1.73. The lowest BCUT2D eigenvalue weighted by molar-refractivity contribution is -0.121. The van der Waals surface area contributed by atoms with Crippen LogP contribution in [0.15, 0.2) is 41.3 Å². The third-order valence-electron chi connectivity index (χ3n) is 4.41. The first kappa shape index (κ1) is 22.0. The van der Waals surface area contributed by atoms with Crippen LogP contribution in [0.25, 0.3) is 6.08 Å². The summed E-state index contributed by atoms with van der Waals surface area (Å²) in [4.78, 5) is 14.3. The smallest absolute Gasteiger partial charge is 0.265 e. The highest BCUT2D eigenvalue weighted by Crippen LogP contribution is 2.37. The number of nitrogens with zero attached hydrogens (tertiary/aromatic N) is 1. The minimum Gasteiger partial charge on any atom is -0.493 e. The SMILES string of the molecule is COc1cc(C)ccc1OCCOc1c(C=C2SC(=S)N(C)C2=O)cccc1OC. The zero-order chi connectivity index (χ0) is 21.7. The van der Waals surface area contributed by atoms with Crippen molar-refractivity contribution in [3.8, 4) is 23.0 Å². The van der Waals surface area contributed by atoms with Gasteiger partial charge in [-0.1, -0.05) is 42.2 Å². The maximum absolute atomic E-state index is 12.3. The van der Waals surface area contributed by atoms with E-state index < -0.39 is 0 Å². The number of ether oxygens (including phenoxy) is 4. The summed E-state index contributed by atoms with van der Waals surface area (Å²) < 4.78 is 23.1. The molecule has 0 N–H and O–H groups in total. The number of para-hydroxylation sites is 1. The quantitative estimate of drug-likeness (QED) is 0.341. The molecule has 1 fully saturated rings. The number of thiocarbonyl (C=S) groups is 1. The van der Waals surface area contributed by atoms with Gasteiger partial charge in [-0.2, -0.15) is 0 Å². The van der Waals surface area contributed by atoms with Gasteiger partial charge in [-0.25, -0.2) is 0 Å². The Kier molecular flexibility index (Phi) is 7.23. The van der Waals surface area contributed by atoms with Crippen molar-refractivity contribution >= 4 is 40.3 Å². The Morgan fingerprint density at radius 3 is 2.43 bits per heavy atom. The fourth-order valence-electron chi connectivity index (χ4n) is 2.84. The van der Waals surface area contributed by atoms with E-state index in [-0.39, 0.29) is 12.5 Å². The molecule has 158 valence electrons. The average molecular weight is 446 g/mol. The number of likely N-dealkylation sites (N-methyl/N-ethyl adjacent to an activating group) is 1. The highest BCUT2D eigenvalue weighted by atomic mass is 32.2. The number of hydrogen-bond donors (Lipinski definition) is 0. The average Bonchev–Trinajstić information content (AvgIpc) is 2.99. The highest BCUT2D eigenvalue weighted by Gasteiger charge is 2.29. The fraction of sp³-hybridized carbons (Fsp3) is 0.273. The van der Waals surface area contributed by atoms with E-state index in [0.717, 1.165) is 11.1 Å². The number of methoxy groups -OCH3 is 2. The van der Waals surface area contributed by atoms with Gasteiger partial charge in [-0.15, -0.1) is 0 Å². The molecule has 1 amide bonds. The molecule has 0 atom stereocenters. The Bertz CT molecular complexity index is 989. The van der Waals surface area contributed by atoms with Crippen LogP contribution in [0.4, 0.5) is 0 Å². The molecule has 0 bridgehead atoms. The lowest BCUT2D eigenvalue weighted by atomic mass is 10.1.